The van der Waals surface area contributed by atoms with Crippen molar-refractivity contribution >= 4 is 29.2 Å². The fourth-order valence-electron chi connectivity index (χ4n) is 2.21. The molecular weight excluding hydrogens is 326 g/mol. The summed E-state index contributed by atoms with van der Waals surface area (Å²) in [5.74, 6) is -0.829. The molecule has 5 heteroatoms. The predicted molar refractivity (Wildman–Crippen MR) is 95.4 cm³/mol. The number of carbonyl (C=O) groups excluding carboxylic acids is 2. The molecule has 0 heterocycles. The van der Waals surface area contributed by atoms with Gasteiger partial charge in [-0.25, -0.2) is 0 Å². The summed E-state index contributed by atoms with van der Waals surface area (Å²) in [5.41, 5.74) is 4.54. The van der Waals surface area contributed by atoms with Crippen molar-refractivity contribution in [1.82, 2.24) is 0 Å². The summed E-state index contributed by atoms with van der Waals surface area (Å²) < 4.78 is 5.04. The van der Waals surface area contributed by atoms with E-state index in [1.165, 1.54) is 5.56 Å². The zero-order valence-corrected chi connectivity index (χ0v) is 14.7. The fraction of sp³-hybridized carbons (Fsp3) is 0.263. The van der Waals surface area contributed by atoms with Gasteiger partial charge in [-0.1, -0.05) is 35.9 Å². The Hall–Kier alpha value is -2.33. The minimum absolute atomic E-state index is 0.143. The number of halogens is 1. The Bertz CT molecular complexity index is 771. The summed E-state index contributed by atoms with van der Waals surface area (Å²) in [6.07, 6.45) is 0.143. The largest absolute Gasteiger partial charge is 0.455 e. The molecule has 0 aliphatic heterocycles. The van der Waals surface area contributed by atoms with Gasteiger partial charge in [0.05, 0.1) is 6.42 Å². The van der Waals surface area contributed by atoms with Gasteiger partial charge in [0.25, 0.3) is 5.91 Å². The molecule has 2 rings (SSSR count). The van der Waals surface area contributed by atoms with Crippen molar-refractivity contribution in [3.05, 3.63) is 63.7 Å². The van der Waals surface area contributed by atoms with Crippen LogP contribution in [0.3, 0.4) is 0 Å². The maximum atomic E-state index is 11.9. The smallest absolute Gasteiger partial charge is 0.310 e. The van der Waals surface area contributed by atoms with Crippen LogP contribution in [-0.2, 0) is 20.7 Å². The number of ether oxygens (including phenoxy) is 1. The van der Waals surface area contributed by atoms with Gasteiger partial charge >= 0.3 is 5.97 Å². The Morgan fingerprint density at radius 1 is 1.08 bits per heavy atom. The van der Waals surface area contributed by atoms with Gasteiger partial charge in [-0.2, -0.15) is 0 Å². The van der Waals surface area contributed by atoms with Gasteiger partial charge in [-0.05, 0) is 55.2 Å². The first-order chi connectivity index (χ1) is 11.4. The van der Waals surface area contributed by atoms with Gasteiger partial charge in [0.2, 0.25) is 0 Å². The maximum absolute atomic E-state index is 11.9. The van der Waals surface area contributed by atoms with Gasteiger partial charge in [0, 0.05) is 10.7 Å². The Morgan fingerprint density at radius 2 is 1.83 bits per heavy atom. The van der Waals surface area contributed by atoms with E-state index in [2.05, 4.69) is 5.32 Å². The second-order valence-corrected chi connectivity index (χ2v) is 6.12. The quantitative estimate of drug-likeness (QED) is 0.833. The molecule has 126 valence electrons. The van der Waals surface area contributed by atoms with E-state index in [1.54, 1.807) is 18.2 Å². The van der Waals surface area contributed by atoms with Crippen LogP contribution in [0.4, 0.5) is 5.69 Å². The minimum atomic E-state index is -0.434. The van der Waals surface area contributed by atoms with Crippen molar-refractivity contribution in [2.75, 3.05) is 11.9 Å². The average molecular weight is 346 g/mol. The molecule has 0 spiro atoms. The zero-order chi connectivity index (χ0) is 17.7. The highest BCUT2D eigenvalue weighted by molar-refractivity contribution is 6.31. The van der Waals surface area contributed by atoms with Crippen LogP contribution in [0.2, 0.25) is 5.02 Å². The number of nitrogens with one attached hydrogen (secondary N) is 1. The van der Waals surface area contributed by atoms with Crippen molar-refractivity contribution in [2.24, 2.45) is 0 Å². The molecule has 1 N–H and O–H groups in total. The van der Waals surface area contributed by atoms with E-state index in [9.17, 15) is 9.59 Å². The molecule has 24 heavy (non-hydrogen) atoms. The van der Waals surface area contributed by atoms with E-state index in [4.69, 9.17) is 16.3 Å². The van der Waals surface area contributed by atoms with Crippen molar-refractivity contribution in [1.29, 1.82) is 0 Å². The van der Waals surface area contributed by atoms with Crippen LogP contribution < -0.4 is 5.32 Å². The summed E-state index contributed by atoms with van der Waals surface area (Å²) >= 11 is 6.00. The molecule has 0 radical (unpaired) electrons. The molecule has 0 saturated heterocycles. The fourth-order valence-corrected chi connectivity index (χ4v) is 2.38. The van der Waals surface area contributed by atoms with Crippen LogP contribution in [0.5, 0.6) is 0 Å². The van der Waals surface area contributed by atoms with E-state index in [1.807, 2.05) is 39.0 Å². The lowest BCUT2D eigenvalue weighted by Gasteiger charge is -2.10. The van der Waals surface area contributed by atoms with Gasteiger partial charge in [0.15, 0.2) is 6.61 Å². The lowest BCUT2D eigenvalue weighted by molar-refractivity contribution is -0.146. The highest BCUT2D eigenvalue weighted by atomic mass is 35.5. The Labute approximate surface area is 146 Å². The molecule has 2 aromatic carbocycles. The van der Waals surface area contributed by atoms with Gasteiger partial charge in [-0.3, -0.25) is 9.59 Å². The maximum Gasteiger partial charge on any atom is 0.310 e. The van der Waals surface area contributed by atoms with Crippen LogP contribution in [-0.4, -0.2) is 18.5 Å². The first kappa shape index (κ1) is 18.0. The summed E-state index contributed by atoms with van der Waals surface area (Å²) in [5, 5.41) is 3.26. The third kappa shape index (κ3) is 4.83. The normalized spacial score (nSPS) is 10.3. The predicted octanol–water partition coefficient (Wildman–Crippen LogP) is 3.99. The second-order valence-electron chi connectivity index (χ2n) is 5.72. The molecule has 0 unspecified atom stereocenters. The third-order valence-electron chi connectivity index (χ3n) is 3.83. The number of rotatable bonds is 5. The highest BCUT2D eigenvalue weighted by Crippen LogP contribution is 2.22. The van der Waals surface area contributed by atoms with Crippen LogP contribution in [0.25, 0.3) is 0 Å². The number of esters is 1. The highest BCUT2D eigenvalue weighted by Gasteiger charge is 2.11. The molecule has 0 aliphatic carbocycles. The van der Waals surface area contributed by atoms with E-state index in [-0.39, 0.29) is 13.0 Å². The Kier molecular flexibility index (Phi) is 5.99. The topological polar surface area (TPSA) is 55.4 Å². The second kappa shape index (κ2) is 7.97. The SMILES string of the molecule is Cc1ccc(CC(=O)OCC(=O)Nc2cccc(Cl)c2C)cc1C. The van der Waals surface area contributed by atoms with Gasteiger partial charge < -0.3 is 10.1 Å². The minimum Gasteiger partial charge on any atom is -0.455 e. The summed E-state index contributed by atoms with van der Waals surface area (Å²) in [6, 6.07) is 11.0. The number of benzene rings is 2. The summed E-state index contributed by atoms with van der Waals surface area (Å²) in [7, 11) is 0. The number of hydrogen-bond acceptors (Lipinski definition) is 3. The Balaban J connectivity index is 1.86. The van der Waals surface area contributed by atoms with Crippen molar-refractivity contribution in [3.8, 4) is 0 Å². The lowest BCUT2D eigenvalue weighted by Crippen LogP contribution is -2.22. The number of anilines is 1. The standard InChI is InChI=1S/C19H20ClNO3/c1-12-7-8-15(9-13(12)2)10-19(23)24-11-18(22)21-17-6-4-5-16(20)14(17)3/h4-9H,10-11H2,1-3H3,(H,21,22). The molecular formula is C19H20ClNO3. The van der Waals surface area contributed by atoms with E-state index in [0.29, 0.717) is 10.7 Å². The van der Waals surface area contributed by atoms with Crippen LogP contribution in [0, 0.1) is 20.8 Å². The molecule has 0 fully saturated rings. The molecule has 0 aliphatic rings. The van der Waals surface area contributed by atoms with Gasteiger partial charge in [0.1, 0.15) is 0 Å². The van der Waals surface area contributed by atoms with Gasteiger partial charge in [-0.15, -0.1) is 0 Å². The summed E-state index contributed by atoms with van der Waals surface area (Å²) in [4.78, 5) is 23.8. The van der Waals surface area contributed by atoms with E-state index in [0.717, 1.165) is 16.7 Å². The number of carbonyl (C=O) groups is 2. The molecule has 0 bridgehead atoms. The van der Waals surface area contributed by atoms with Crippen LogP contribution in [0.15, 0.2) is 36.4 Å². The van der Waals surface area contributed by atoms with Crippen molar-refractivity contribution in [3.63, 3.8) is 0 Å². The molecule has 1 amide bonds. The average Bonchev–Trinajstić information content (AvgIpc) is 2.53. The van der Waals surface area contributed by atoms with Crippen molar-refractivity contribution in [2.45, 2.75) is 27.2 Å². The van der Waals surface area contributed by atoms with E-state index >= 15 is 0 Å². The monoisotopic (exact) mass is 345 g/mol. The Morgan fingerprint density at radius 3 is 2.54 bits per heavy atom. The molecule has 0 saturated carbocycles. The van der Waals surface area contributed by atoms with Crippen LogP contribution >= 0.6 is 11.6 Å². The third-order valence-corrected chi connectivity index (χ3v) is 4.24. The molecule has 0 atom stereocenters. The zero-order valence-electron chi connectivity index (χ0n) is 14.0. The molecule has 4 nitrogen and oxygen atoms in total. The van der Waals surface area contributed by atoms with Crippen molar-refractivity contribution < 1.29 is 14.3 Å². The lowest BCUT2D eigenvalue weighted by atomic mass is 10.0. The first-order valence-electron chi connectivity index (χ1n) is 7.63. The summed E-state index contributed by atoms with van der Waals surface area (Å²) in [6.45, 7) is 5.49. The van der Waals surface area contributed by atoms with Crippen LogP contribution in [0.1, 0.15) is 22.3 Å². The number of aryl methyl sites for hydroxylation is 2. The number of amides is 1. The molecule has 0 aromatic heterocycles. The molecule has 2 aromatic rings. The number of hydrogen-bond donors (Lipinski definition) is 1. The first-order valence-corrected chi connectivity index (χ1v) is 8.01. The van der Waals surface area contributed by atoms with E-state index < -0.39 is 11.9 Å².